The molecule has 2 rings (SSSR count). The van der Waals surface area contributed by atoms with Crippen LogP contribution in [0.5, 0.6) is 5.75 Å². The lowest BCUT2D eigenvalue weighted by atomic mass is 9.74. The molecule has 0 radical (unpaired) electrons. The van der Waals surface area contributed by atoms with Gasteiger partial charge in [0.1, 0.15) is 12.4 Å². The first-order chi connectivity index (χ1) is 10.1. The van der Waals surface area contributed by atoms with Crippen molar-refractivity contribution in [3.63, 3.8) is 0 Å². The van der Waals surface area contributed by atoms with E-state index in [-0.39, 0.29) is 0 Å². The van der Waals surface area contributed by atoms with Gasteiger partial charge in [-0.05, 0) is 43.4 Å². The third-order valence-electron chi connectivity index (χ3n) is 4.23. The molecule has 0 aromatic heterocycles. The number of ether oxygens (including phenoxy) is 2. The third-order valence-corrected chi connectivity index (χ3v) is 4.23. The van der Waals surface area contributed by atoms with Crippen molar-refractivity contribution in [1.82, 2.24) is 5.32 Å². The van der Waals surface area contributed by atoms with Gasteiger partial charge in [-0.1, -0.05) is 39.0 Å². The van der Waals surface area contributed by atoms with Crippen molar-refractivity contribution >= 4 is 0 Å². The Morgan fingerprint density at radius 1 is 1.19 bits per heavy atom. The van der Waals surface area contributed by atoms with Gasteiger partial charge in [-0.15, -0.1) is 0 Å². The van der Waals surface area contributed by atoms with Crippen molar-refractivity contribution in [1.29, 1.82) is 0 Å². The molecule has 21 heavy (non-hydrogen) atoms. The van der Waals surface area contributed by atoms with Gasteiger partial charge in [-0.2, -0.15) is 0 Å². The molecule has 3 nitrogen and oxygen atoms in total. The maximum absolute atomic E-state index is 6.12. The van der Waals surface area contributed by atoms with Crippen LogP contribution < -0.4 is 10.1 Å². The van der Waals surface area contributed by atoms with Crippen molar-refractivity contribution < 1.29 is 9.47 Å². The summed E-state index contributed by atoms with van der Waals surface area (Å²) in [5, 5.41) is 3.57. The second-order valence-electron chi connectivity index (χ2n) is 6.64. The van der Waals surface area contributed by atoms with Crippen molar-refractivity contribution in [2.45, 2.75) is 52.2 Å². The first-order valence-electron chi connectivity index (χ1n) is 8.13. The molecule has 2 unspecified atom stereocenters. The molecule has 0 aliphatic heterocycles. The van der Waals surface area contributed by atoms with Crippen molar-refractivity contribution in [3.05, 3.63) is 30.3 Å². The van der Waals surface area contributed by atoms with E-state index in [2.05, 4.69) is 26.1 Å². The van der Waals surface area contributed by atoms with Crippen LogP contribution in [0.3, 0.4) is 0 Å². The van der Waals surface area contributed by atoms with Crippen molar-refractivity contribution in [2.75, 3.05) is 19.8 Å². The molecule has 1 aromatic carbocycles. The van der Waals surface area contributed by atoms with Crippen LogP contribution in [0.15, 0.2) is 30.3 Å². The average Bonchev–Trinajstić information content (AvgIpc) is 2.47. The molecule has 1 N–H and O–H groups in total. The van der Waals surface area contributed by atoms with Crippen LogP contribution in [0.1, 0.15) is 40.0 Å². The molecule has 118 valence electrons. The Morgan fingerprint density at radius 3 is 2.67 bits per heavy atom. The van der Waals surface area contributed by atoms with E-state index in [0.717, 1.165) is 18.7 Å². The quantitative estimate of drug-likeness (QED) is 0.778. The number of rotatable bonds is 7. The lowest BCUT2D eigenvalue weighted by Crippen LogP contribution is -2.47. The summed E-state index contributed by atoms with van der Waals surface area (Å²) in [5.41, 5.74) is 0.386. The highest BCUT2D eigenvalue weighted by Gasteiger charge is 2.34. The lowest BCUT2D eigenvalue weighted by Gasteiger charge is -2.40. The Labute approximate surface area is 129 Å². The number of nitrogens with one attached hydrogen (secondary N) is 1. The van der Waals surface area contributed by atoms with Gasteiger partial charge in [-0.25, -0.2) is 0 Å². The Hall–Kier alpha value is -1.06. The molecule has 1 aliphatic carbocycles. The summed E-state index contributed by atoms with van der Waals surface area (Å²) in [5.74, 6) is 0.910. The largest absolute Gasteiger partial charge is 0.491 e. The van der Waals surface area contributed by atoms with Crippen LogP contribution >= 0.6 is 0 Å². The summed E-state index contributed by atoms with van der Waals surface area (Å²) >= 11 is 0. The zero-order valence-electron chi connectivity index (χ0n) is 13.6. The summed E-state index contributed by atoms with van der Waals surface area (Å²) in [6, 6.07) is 10.4. The molecule has 3 heteroatoms. The summed E-state index contributed by atoms with van der Waals surface area (Å²) < 4.78 is 11.8. The average molecular weight is 291 g/mol. The van der Waals surface area contributed by atoms with E-state index in [1.165, 1.54) is 12.8 Å². The number of benzene rings is 1. The number of hydrogen-bond donors (Lipinski definition) is 1. The van der Waals surface area contributed by atoms with E-state index in [4.69, 9.17) is 9.47 Å². The molecule has 0 spiro atoms. The van der Waals surface area contributed by atoms with Gasteiger partial charge in [0.05, 0.1) is 12.7 Å². The highest BCUT2D eigenvalue weighted by atomic mass is 16.5. The van der Waals surface area contributed by atoms with Gasteiger partial charge in [0.15, 0.2) is 0 Å². The van der Waals surface area contributed by atoms with E-state index in [0.29, 0.717) is 30.8 Å². The first kappa shape index (κ1) is 16.3. The molecule has 0 heterocycles. The topological polar surface area (TPSA) is 30.5 Å². The summed E-state index contributed by atoms with van der Waals surface area (Å²) in [4.78, 5) is 0. The fourth-order valence-electron chi connectivity index (χ4n) is 3.07. The third kappa shape index (κ3) is 5.33. The zero-order chi connectivity index (χ0) is 15.1. The maximum Gasteiger partial charge on any atom is 0.119 e. The van der Waals surface area contributed by atoms with Gasteiger partial charge >= 0.3 is 0 Å². The van der Waals surface area contributed by atoms with Gasteiger partial charge in [0, 0.05) is 6.04 Å². The van der Waals surface area contributed by atoms with E-state index in [9.17, 15) is 0 Å². The standard InChI is InChI=1S/C18H29NO2/c1-4-19-16-10-11-18(2,3)14-17(16)21-13-12-20-15-8-6-5-7-9-15/h5-9,16-17,19H,4,10-14H2,1-3H3. The second-order valence-corrected chi connectivity index (χ2v) is 6.64. The van der Waals surface area contributed by atoms with Crippen LogP contribution in [-0.4, -0.2) is 31.9 Å². The molecule has 0 saturated heterocycles. The first-order valence-corrected chi connectivity index (χ1v) is 8.13. The summed E-state index contributed by atoms with van der Waals surface area (Å²) in [6.45, 7) is 9.11. The monoisotopic (exact) mass is 291 g/mol. The van der Waals surface area contributed by atoms with Gasteiger partial charge in [0.2, 0.25) is 0 Å². The Kier molecular flexibility index (Phi) is 6.07. The van der Waals surface area contributed by atoms with Gasteiger partial charge in [-0.3, -0.25) is 0 Å². The van der Waals surface area contributed by atoms with Crippen LogP contribution in [-0.2, 0) is 4.74 Å². The lowest BCUT2D eigenvalue weighted by molar-refractivity contribution is -0.0365. The van der Waals surface area contributed by atoms with Crippen LogP contribution in [0, 0.1) is 5.41 Å². The second kappa shape index (κ2) is 7.81. The molecule has 0 bridgehead atoms. The van der Waals surface area contributed by atoms with Crippen LogP contribution in [0.4, 0.5) is 0 Å². The van der Waals surface area contributed by atoms with E-state index in [1.807, 2.05) is 30.3 Å². The minimum Gasteiger partial charge on any atom is -0.491 e. The molecule has 0 amide bonds. The molecule has 1 aromatic rings. The smallest absolute Gasteiger partial charge is 0.119 e. The highest BCUT2D eigenvalue weighted by molar-refractivity contribution is 5.20. The highest BCUT2D eigenvalue weighted by Crippen LogP contribution is 2.36. The maximum atomic E-state index is 6.12. The van der Waals surface area contributed by atoms with Crippen molar-refractivity contribution in [3.8, 4) is 5.75 Å². The molecule has 2 atom stereocenters. The summed E-state index contributed by atoms with van der Waals surface area (Å²) in [6.07, 6.45) is 3.89. The minimum atomic E-state index is 0.299. The molecule has 1 fully saturated rings. The van der Waals surface area contributed by atoms with Crippen LogP contribution in [0.2, 0.25) is 0 Å². The number of likely N-dealkylation sites (N-methyl/N-ethyl adjacent to an activating group) is 1. The Balaban J connectivity index is 1.76. The number of para-hydroxylation sites is 1. The fraction of sp³-hybridized carbons (Fsp3) is 0.667. The SMILES string of the molecule is CCNC1CCC(C)(C)CC1OCCOc1ccccc1. The molecular formula is C18H29NO2. The molecule has 1 aliphatic rings. The zero-order valence-corrected chi connectivity index (χ0v) is 13.6. The van der Waals surface area contributed by atoms with Crippen molar-refractivity contribution in [2.24, 2.45) is 5.41 Å². The van der Waals surface area contributed by atoms with Gasteiger partial charge < -0.3 is 14.8 Å². The fourth-order valence-corrected chi connectivity index (χ4v) is 3.07. The van der Waals surface area contributed by atoms with Gasteiger partial charge in [0.25, 0.3) is 0 Å². The number of hydrogen-bond acceptors (Lipinski definition) is 3. The Morgan fingerprint density at radius 2 is 1.95 bits per heavy atom. The van der Waals surface area contributed by atoms with E-state index < -0.39 is 0 Å². The minimum absolute atomic E-state index is 0.299. The van der Waals surface area contributed by atoms with Crippen LogP contribution in [0.25, 0.3) is 0 Å². The Bertz CT molecular complexity index is 405. The molecular weight excluding hydrogens is 262 g/mol. The predicted octanol–water partition coefficient (Wildman–Crippen LogP) is 3.64. The summed E-state index contributed by atoms with van der Waals surface area (Å²) in [7, 11) is 0. The predicted molar refractivity (Wildman–Crippen MR) is 86.8 cm³/mol. The normalized spacial score (nSPS) is 24.7. The van der Waals surface area contributed by atoms with E-state index >= 15 is 0 Å². The molecule has 1 saturated carbocycles. The van der Waals surface area contributed by atoms with E-state index in [1.54, 1.807) is 0 Å².